The molecule has 2 N–H and O–H groups in total. The molecule has 1 aliphatic carbocycles. The van der Waals surface area contributed by atoms with Crippen LogP contribution in [0.2, 0.25) is 25.7 Å². The minimum Gasteiger partial charge on any atom is -0.444 e. The quantitative estimate of drug-likeness (QED) is 0.173. The van der Waals surface area contributed by atoms with E-state index in [9.17, 15) is 14.9 Å². The van der Waals surface area contributed by atoms with Crippen LogP contribution in [0.4, 0.5) is 16.2 Å². The van der Waals surface area contributed by atoms with Gasteiger partial charge in [0, 0.05) is 33.9 Å². The second-order valence-corrected chi connectivity index (χ2v) is 17.6. The van der Waals surface area contributed by atoms with E-state index in [0.717, 1.165) is 6.04 Å². The van der Waals surface area contributed by atoms with Crippen molar-refractivity contribution in [1.82, 2.24) is 25.1 Å². The zero-order chi connectivity index (χ0) is 28.8. The van der Waals surface area contributed by atoms with E-state index in [1.165, 1.54) is 12.5 Å². The SMILES string of the molecule is COC1CC(NC(=O)OC(C)(C)C)CC(Nc2cc(-c3ncnn3COCC[Si](C)(C)C)ncc2[N+](=O)[O-])C1. The lowest BCUT2D eigenvalue weighted by Gasteiger charge is -2.35. The first-order chi connectivity index (χ1) is 18.2. The number of aromatic nitrogens is 4. The minimum atomic E-state index is -1.23. The molecule has 216 valence electrons. The Labute approximate surface area is 230 Å². The van der Waals surface area contributed by atoms with E-state index in [2.05, 4.69) is 45.3 Å². The molecule has 1 saturated carbocycles. The van der Waals surface area contributed by atoms with Crippen LogP contribution >= 0.6 is 0 Å². The fourth-order valence-electron chi connectivity index (χ4n) is 4.31. The molecule has 2 aromatic rings. The molecule has 2 heterocycles. The molecule has 3 unspecified atom stereocenters. The smallest absolute Gasteiger partial charge is 0.407 e. The zero-order valence-electron chi connectivity index (χ0n) is 23.9. The number of nitrogens with one attached hydrogen (secondary N) is 2. The number of anilines is 1. The molecular formula is C25H41N7O6Si. The molecule has 0 saturated heterocycles. The number of ether oxygens (including phenoxy) is 3. The third-order valence-electron chi connectivity index (χ3n) is 6.21. The fraction of sp³-hybridized carbons (Fsp3) is 0.680. The first-order valence-electron chi connectivity index (χ1n) is 13.1. The van der Waals surface area contributed by atoms with Gasteiger partial charge in [0.2, 0.25) is 0 Å². The largest absolute Gasteiger partial charge is 0.444 e. The maximum atomic E-state index is 12.4. The highest BCUT2D eigenvalue weighted by molar-refractivity contribution is 6.76. The van der Waals surface area contributed by atoms with Crippen molar-refractivity contribution in [2.24, 2.45) is 0 Å². The van der Waals surface area contributed by atoms with Crippen molar-refractivity contribution in [3.05, 3.63) is 28.7 Å². The van der Waals surface area contributed by atoms with Gasteiger partial charge in [-0.1, -0.05) is 19.6 Å². The van der Waals surface area contributed by atoms with Gasteiger partial charge in [-0.25, -0.2) is 19.4 Å². The Balaban J connectivity index is 1.77. The summed E-state index contributed by atoms with van der Waals surface area (Å²) in [5, 5.41) is 22.3. The summed E-state index contributed by atoms with van der Waals surface area (Å²) in [7, 11) is 0.385. The lowest BCUT2D eigenvalue weighted by molar-refractivity contribution is -0.384. The first kappa shape index (κ1) is 30.4. The molecule has 1 fully saturated rings. The number of hydrogen-bond donors (Lipinski definition) is 2. The monoisotopic (exact) mass is 563 g/mol. The predicted molar refractivity (Wildman–Crippen MR) is 149 cm³/mol. The molecule has 0 aromatic carbocycles. The van der Waals surface area contributed by atoms with Crippen molar-refractivity contribution in [2.75, 3.05) is 19.0 Å². The van der Waals surface area contributed by atoms with Crippen LogP contribution < -0.4 is 10.6 Å². The van der Waals surface area contributed by atoms with E-state index in [1.807, 2.05) is 0 Å². The number of carbonyl (C=O) groups excluding carboxylic acids is 1. The highest BCUT2D eigenvalue weighted by Gasteiger charge is 2.32. The number of nitro groups is 1. The number of alkyl carbamates (subject to hydrolysis) is 1. The van der Waals surface area contributed by atoms with E-state index < -0.39 is 24.7 Å². The van der Waals surface area contributed by atoms with Gasteiger partial charge in [-0.05, 0) is 52.1 Å². The Hall–Kier alpha value is -3.10. The third-order valence-corrected chi connectivity index (χ3v) is 7.92. The van der Waals surface area contributed by atoms with Gasteiger partial charge in [0.15, 0.2) is 5.82 Å². The number of nitrogens with zero attached hydrogens (tertiary/aromatic N) is 5. The van der Waals surface area contributed by atoms with Gasteiger partial charge in [-0.3, -0.25) is 10.1 Å². The predicted octanol–water partition coefficient (Wildman–Crippen LogP) is 4.43. The van der Waals surface area contributed by atoms with Crippen molar-refractivity contribution in [3.63, 3.8) is 0 Å². The van der Waals surface area contributed by atoms with Crippen LogP contribution in [0, 0.1) is 10.1 Å². The van der Waals surface area contributed by atoms with Gasteiger partial charge in [0.25, 0.3) is 0 Å². The summed E-state index contributed by atoms with van der Waals surface area (Å²) in [6.45, 7) is 13.1. The summed E-state index contributed by atoms with van der Waals surface area (Å²) in [6.07, 6.45) is 3.73. The number of pyridine rings is 1. The Morgan fingerprint density at radius 3 is 2.56 bits per heavy atom. The molecular weight excluding hydrogens is 522 g/mol. The normalized spacial score (nSPS) is 19.9. The van der Waals surface area contributed by atoms with E-state index in [4.69, 9.17) is 14.2 Å². The van der Waals surface area contributed by atoms with Gasteiger partial charge in [-0.2, -0.15) is 5.10 Å². The number of carbonyl (C=O) groups is 1. The second-order valence-electron chi connectivity index (χ2n) is 12.0. The highest BCUT2D eigenvalue weighted by Crippen LogP contribution is 2.31. The number of amides is 1. The zero-order valence-corrected chi connectivity index (χ0v) is 24.9. The Morgan fingerprint density at radius 1 is 1.21 bits per heavy atom. The molecule has 14 heteroatoms. The Bertz CT molecular complexity index is 1130. The fourth-order valence-corrected chi connectivity index (χ4v) is 5.06. The molecule has 3 rings (SSSR count). The van der Waals surface area contributed by atoms with Crippen LogP contribution in [0.25, 0.3) is 11.5 Å². The standard InChI is InChI=1S/C25H41N7O6Si/c1-25(2,3)38-24(33)30-18-10-17(11-19(12-18)36-4)29-20-13-21(26-14-22(20)32(34)35)23-27-15-28-31(23)16-37-8-9-39(5,6)7/h13-15,17-19H,8-12,16H2,1-7H3,(H,26,29)(H,30,33). The minimum absolute atomic E-state index is 0.145. The van der Waals surface area contributed by atoms with E-state index in [0.29, 0.717) is 43.1 Å². The van der Waals surface area contributed by atoms with Crippen LogP contribution in [-0.4, -0.2) is 76.3 Å². The number of methoxy groups -OCH3 is 1. The maximum Gasteiger partial charge on any atom is 0.407 e. The summed E-state index contributed by atoms with van der Waals surface area (Å²) < 4.78 is 18.4. The molecule has 1 aliphatic rings. The van der Waals surface area contributed by atoms with Gasteiger partial charge in [0.05, 0.1) is 11.0 Å². The summed E-state index contributed by atoms with van der Waals surface area (Å²) >= 11 is 0. The van der Waals surface area contributed by atoms with Crippen LogP contribution in [0.1, 0.15) is 40.0 Å². The summed E-state index contributed by atoms with van der Waals surface area (Å²) in [5.74, 6) is 0.448. The van der Waals surface area contributed by atoms with Crippen LogP contribution in [0.3, 0.4) is 0 Å². The van der Waals surface area contributed by atoms with Crippen molar-refractivity contribution in [1.29, 1.82) is 0 Å². The van der Waals surface area contributed by atoms with Crippen LogP contribution in [-0.2, 0) is 20.9 Å². The van der Waals surface area contributed by atoms with Gasteiger partial charge >= 0.3 is 11.8 Å². The van der Waals surface area contributed by atoms with E-state index in [-0.39, 0.29) is 30.6 Å². The topological polar surface area (TPSA) is 156 Å². The molecule has 0 radical (unpaired) electrons. The highest BCUT2D eigenvalue weighted by atomic mass is 28.3. The van der Waals surface area contributed by atoms with Crippen molar-refractivity contribution >= 4 is 25.5 Å². The molecule has 13 nitrogen and oxygen atoms in total. The van der Waals surface area contributed by atoms with E-state index in [1.54, 1.807) is 38.6 Å². The molecule has 0 bridgehead atoms. The Morgan fingerprint density at radius 2 is 1.92 bits per heavy atom. The van der Waals surface area contributed by atoms with Crippen molar-refractivity contribution < 1.29 is 23.9 Å². The van der Waals surface area contributed by atoms with Crippen molar-refractivity contribution in [3.8, 4) is 11.5 Å². The average Bonchev–Trinajstić information content (AvgIpc) is 3.28. The summed E-state index contributed by atoms with van der Waals surface area (Å²) in [6, 6.07) is 2.19. The summed E-state index contributed by atoms with van der Waals surface area (Å²) in [4.78, 5) is 32.3. The molecule has 2 aromatic heterocycles. The molecule has 3 atom stereocenters. The first-order valence-corrected chi connectivity index (χ1v) is 16.8. The van der Waals surface area contributed by atoms with Gasteiger partial charge < -0.3 is 24.8 Å². The Kier molecular flexibility index (Phi) is 10.0. The van der Waals surface area contributed by atoms with Gasteiger partial charge in [-0.15, -0.1) is 0 Å². The lowest BCUT2D eigenvalue weighted by atomic mass is 9.88. The molecule has 0 aliphatic heterocycles. The van der Waals surface area contributed by atoms with Gasteiger partial charge in [0.1, 0.15) is 36.2 Å². The van der Waals surface area contributed by atoms with Crippen molar-refractivity contribution in [2.45, 2.75) is 96.2 Å². The number of rotatable bonds is 11. The van der Waals surface area contributed by atoms with Crippen LogP contribution in [0.15, 0.2) is 18.6 Å². The molecule has 0 spiro atoms. The molecule has 1 amide bonds. The second kappa shape index (κ2) is 12.8. The van der Waals surface area contributed by atoms with Crippen LogP contribution in [0.5, 0.6) is 0 Å². The molecule has 39 heavy (non-hydrogen) atoms. The number of hydrogen-bond acceptors (Lipinski definition) is 10. The summed E-state index contributed by atoms with van der Waals surface area (Å²) in [5.41, 5.74) is -0.0494. The third kappa shape index (κ3) is 9.55. The average molecular weight is 564 g/mol. The maximum absolute atomic E-state index is 12.4. The lowest BCUT2D eigenvalue weighted by Crippen LogP contribution is -2.47. The van der Waals surface area contributed by atoms with E-state index >= 15 is 0 Å².